The van der Waals surface area contributed by atoms with Crippen molar-refractivity contribution < 1.29 is 13.9 Å². The van der Waals surface area contributed by atoms with Gasteiger partial charge in [0.2, 0.25) is 0 Å². The second-order valence-corrected chi connectivity index (χ2v) is 5.09. The molecule has 0 fully saturated rings. The minimum absolute atomic E-state index is 0.135. The number of halogens is 1. The number of nitrogens with one attached hydrogen (secondary N) is 1. The first-order valence-electron chi connectivity index (χ1n) is 7.28. The molecule has 2 aromatic carbocycles. The molecular formula is C17H14FN5O2. The van der Waals surface area contributed by atoms with Crippen molar-refractivity contribution >= 4 is 28.9 Å². The molecule has 1 heterocycles. The van der Waals surface area contributed by atoms with Crippen LogP contribution >= 0.6 is 0 Å². The van der Waals surface area contributed by atoms with Crippen LogP contribution < -0.4 is 11.2 Å². The van der Waals surface area contributed by atoms with E-state index >= 15 is 0 Å². The molecule has 3 rings (SSSR count). The van der Waals surface area contributed by atoms with Gasteiger partial charge in [0.25, 0.3) is 0 Å². The molecule has 0 spiro atoms. The van der Waals surface area contributed by atoms with Gasteiger partial charge in [0.1, 0.15) is 11.5 Å². The molecule has 0 radical (unpaired) electrons. The van der Waals surface area contributed by atoms with Gasteiger partial charge in [-0.2, -0.15) is 5.10 Å². The van der Waals surface area contributed by atoms with E-state index in [0.717, 1.165) is 0 Å². The van der Waals surface area contributed by atoms with Crippen LogP contribution in [0.2, 0.25) is 0 Å². The smallest absolute Gasteiger partial charge is 0.337 e. The number of ether oxygens (including phenoxy) is 1. The maximum absolute atomic E-state index is 13.2. The Morgan fingerprint density at radius 1 is 1.20 bits per heavy atom. The summed E-state index contributed by atoms with van der Waals surface area (Å²) < 4.78 is 17.9. The lowest BCUT2D eigenvalue weighted by Crippen LogP contribution is -2.28. The molecule has 2 aromatic rings. The molecule has 25 heavy (non-hydrogen) atoms. The van der Waals surface area contributed by atoms with E-state index in [0.29, 0.717) is 28.2 Å². The zero-order chi connectivity index (χ0) is 17.8. The predicted octanol–water partition coefficient (Wildman–Crippen LogP) is 2.16. The van der Waals surface area contributed by atoms with Gasteiger partial charge in [-0.1, -0.05) is 18.2 Å². The second-order valence-electron chi connectivity index (χ2n) is 5.09. The zero-order valence-corrected chi connectivity index (χ0v) is 13.2. The Kier molecular flexibility index (Phi) is 4.51. The number of nitrogens with two attached hydrogens (primary N) is 1. The van der Waals surface area contributed by atoms with E-state index in [1.54, 1.807) is 36.4 Å². The van der Waals surface area contributed by atoms with Crippen molar-refractivity contribution in [3.63, 3.8) is 0 Å². The minimum Gasteiger partial charge on any atom is -0.465 e. The summed E-state index contributed by atoms with van der Waals surface area (Å²) in [4.78, 5) is 11.5. The fourth-order valence-electron chi connectivity index (χ4n) is 2.19. The molecule has 0 saturated heterocycles. The molecular weight excluding hydrogens is 325 g/mol. The molecule has 0 unspecified atom stereocenters. The molecule has 8 heteroatoms. The number of anilines is 1. The molecule has 1 aliphatic rings. The molecule has 3 N–H and O–H groups in total. The van der Waals surface area contributed by atoms with Crippen LogP contribution in [0.3, 0.4) is 0 Å². The third-order valence-corrected chi connectivity index (χ3v) is 3.43. The quantitative estimate of drug-likeness (QED) is 0.658. The lowest BCUT2D eigenvalue weighted by Gasteiger charge is -2.06. The third kappa shape index (κ3) is 3.52. The van der Waals surface area contributed by atoms with E-state index in [9.17, 15) is 9.18 Å². The fraction of sp³-hybridized carbons (Fsp3) is 0.0588. The molecule has 0 atom stereocenters. The molecule has 0 amide bonds. The lowest BCUT2D eigenvalue weighted by molar-refractivity contribution is 0.0600. The van der Waals surface area contributed by atoms with Gasteiger partial charge in [-0.3, -0.25) is 5.43 Å². The number of carbonyl (C=O) groups is 1. The summed E-state index contributed by atoms with van der Waals surface area (Å²) in [5.74, 6) is -0.682. The van der Waals surface area contributed by atoms with E-state index < -0.39 is 5.97 Å². The average Bonchev–Trinajstić information content (AvgIpc) is 3.00. The first-order valence-corrected chi connectivity index (χ1v) is 7.28. The summed E-state index contributed by atoms with van der Waals surface area (Å²) in [5.41, 5.74) is 10.9. The van der Waals surface area contributed by atoms with Gasteiger partial charge in [0.05, 0.1) is 18.4 Å². The van der Waals surface area contributed by atoms with Crippen molar-refractivity contribution in [3.05, 3.63) is 65.5 Å². The summed E-state index contributed by atoms with van der Waals surface area (Å²) >= 11 is 0. The standard InChI is InChI=1S/C17H14FN5O2/c1-25-17(24)11-7-5-10(6-8-11)14-15(16(19)23-21-14)22-20-13-4-2-3-12(18)9-13/h2-9,20H,1H3,(H2,19,22,23). The molecule has 0 bridgehead atoms. The van der Waals surface area contributed by atoms with E-state index in [2.05, 4.69) is 25.5 Å². The van der Waals surface area contributed by atoms with E-state index in [4.69, 9.17) is 5.73 Å². The summed E-state index contributed by atoms with van der Waals surface area (Å²) in [6, 6.07) is 12.5. The Morgan fingerprint density at radius 3 is 2.64 bits per heavy atom. The zero-order valence-electron chi connectivity index (χ0n) is 13.2. The number of hydrogen-bond donors (Lipinski definition) is 2. The molecule has 7 nitrogen and oxygen atoms in total. The highest BCUT2D eigenvalue weighted by atomic mass is 19.1. The van der Waals surface area contributed by atoms with Crippen molar-refractivity contribution in [2.75, 3.05) is 12.5 Å². The lowest BCUT2D eigenvalue weighted by atomic mass is 10.0. The fourth-order valence-corrected chi connectivity index (χ4v) is 2.19. The Morgan fingerprint density at radius 2 is 1.96 bits per heavy atom. The largest absolute Gasteiger partial charge is 0.465 e. The number of nitrogens with zero attached hydrogens (tertiary/aromatic N) is 3. The number of hydrogen-bond acceptors (Lipinski definition) is 7. The first-order chi connectivity index (χ1) is 12.1. The van der Waals surface area contributed by atoms with Crippen LogP contribution in [0.1, 0.15) is 15.9 Å². The molecule has 126 valence electrons. The third-order valence-electron chi connectivity index (χ3n) is 3.43. The summed E-state index contributed by atoms with van der Waals surface area (Å²) in [7, 11) is 1.31. The summed E-state index contributed by atoms with van der Waals surface area (Å²) in [6.45, 7) is 0. The highest BCUT2D eigenvalue weighted by Gasteiger charge is 2.22. The molecule has 0 saturated carbocycles. The SMILES string of the molecule is COC(=O)c1ccc(C2=NN=C(N)/C2=N\Nc2cccc(F)c2)cc1. The number of amidine groups is 1. The van der Waals surface area contributed by atoms with Crippen LogP contribution in [0.25, 0.3) is 0 Å². The maximum atomic E-state index is 13.2. The number of benzene rings is 2. The number of hydrazone groups is 1. The second kappa shape index (κ2) is 6.91. The molecule has 0 aliphatic carbocycles. The number of methoxy groups -OCH3 is 1. The van der Waals surface area contributed by atoms with E-state index in [-0.39, 0.29) is 11.7 Å². The first kappa shape index (κ1) is 16.3. The number of esters is 1. The van der Waals surface area contributed by atoms with Gasteiger partial charge in [0.15, 0.2) is 11.5 Å². The van der Waals surface area contributed by atoms with Gasteiger partial charge in [-0.15, -0.1) is 10.2 Å². The van der Waals surface area contributed by atoms with Crippen LogP contribution in [0.15, 0.2) is 63.8 Å². The van der Waals surface area contributed by atoms with Gasteiger partial charge < -0.3 is 10.5 Å². The Bertz CT molecular complexity index is 904. The van der Waals surface area contributed by atoms with Crippen LogP contribution in [0.5, 0.6) is 0 Å². The summed E-state index contributed by atoms with van der Waals surface area (Å²) in [5, 5.41) is 12.0. The van der Waals surface area contributed by atoms with E-state index in [1.807, 2.05) is 0 Å². The highest BCUT2D eigenvalue weighted by molar-refractivity contribution is 6.72. The van der Waals surface area contributed by atoms with Crippen molar-refractivity contribution in [2.24, 2.45) is 21.0 Å². The monoisotopic (exact) mass is 339 g/mol. The van der Waals surface area contributed by atoms with Gasteiger partial charge in [0, 0.05) is 5.56 Å². The normalized spacial score (nSPS) is 14.9. The van der Waals surface area contributed by atoms with Crippen LogP contribution in [0, 0.1) is 5.82 Å². The molecule has 1 aliphatic heterocycles. The Hall–Kier alpha value is -3.55. The maximum Gasteiger partial charge on any atom is 0.337 e. The van der Waals surface area contributed by atoms with Crippen molar-refractivity contribution in [1.29, 1.82) is 0 Å². The number of carbonyl (C=O) groups excluding carboxylic acids is 1. The summed E-state index contributed by atoms with van der Waals surface area (Å²) in [6.07, 6.45) is 0. The highest BCUT2D eigenvalue weighted by Crippen LogP contribution is 2.13. The average molecular weight is 339 g/mol. The molecule has 0 aromatic heterocycles. The van der Waals surface area contributed by atoms with Crippen LogP contribution in [-0.2, 0) is 4.74 Å². The predicted molar refractivity (Wildman–Crippen MR) is 93.4 cm³/mol. The van der Waals surface area contributed by atoms with Gasteiger partial charge >= 0.3 is 5.97 Å². The number of rotatable bonds is 4. The van der Waals surface area contributed by atoms with Gasteiger partial charge in [-0.05, 0) is 30.3 Å². The minimum atomic E-state index is -0.433. The Labute approximate surface area is 142 Å². The van der Waals surface area contributed by atoms with Crippen molar-refractivity contribution in [3.8, 4) is 0 Å². The topological polar surface area (TPSA) is 101 Å². The van der Waals surface area contributed by atoms with Crippen LogP contribution in [0.4, 0.5) is 10.1 Å². The Balaban J connectivity index is 1.84. The van der Waals surface area contributed by atoms with Crippen molar-refractivity contribution in [1.82, 2.24) is 0 Å². The van der Waals surface area contributed by atoms with Crippen molar-refractivity contribution in [2.45, 2.75) is 0 Å². The van der Waals surface area contributed by atoms with Gasteiger partial charge in [-0.25, -0.2) is 9.18 Å². The van der Waals surface area contributed by atoms with Crippen LogP contribution in [-0.4, -0.2) is 30.3 Å². The van der Waals surface area contributed by atoms with E-state index in [1.165, 1.54) is 19.2 Å².